The van der Waals surface area contributed by atoms with Gasteiger partial charge in [-0.3, -0.25) is 9.59 Å². The zero-order valence-corrected chi connectivity index (χ0v) is 17.8. The second kappa shape index (κ2) is 9.75. The van der Waals surface area contributed by atoms with Crippen LogP contribution < -0.4 is 4.74 Å². The number of hydrogen-bond donors (Lipinski definition) is 1. The van der Waals surface area contributed by atoms with E-state index in [0.29, 0.717) is 23.5 Å². The van der Waals surface area contributed by atoms with E-state index in [-0.39, 0.29) is 30.6 Å². The highest BCUT2D eigenvalue weighted by atomic mass is 19.1. The van der Waals surface area contributed by atoms with Crippen molar-refractivity contribution in [1.82, 2.24) is 4.90 Å². The van der Waals surface area contributed by atoms with E-state index in [4.69, 9.17) is 9.47 Å². The van der Waals surface area contributed by atoms with Gasteiger partial charge in [0, 0.05) is 12.1 Å². The third-order valence-corrected chi connectivity index (χ3v) is 4.93. The fourth-order valence-electron chi connectivity index (χ4n) is 3.54. The van der Waals surface area contributed by atoms with E-state index in [0.717, 1.165) is 0 Å². The molecule has 1 fully saturated rings. The Bertz CT molecular complexity index is 984. The number of benzene rings is 2. The van der Waals surface area contributed by atoms with Crippen LogP contribution in [0.25, 0.3) is 5.76 Å². The number of Topliss-reactive ketones (excluding diaryl/α,β-unsaturated/α-hetero) is 1. The zero-order chi connectivity index (χ0) is 22.5. The molecule has 3 rings (SSSR count). The van der Waals surface area contributed by atoms with Crippen LogP contribution in [0.1, 0.15) is 37.9 Å². The summed E-state index contributed by atoms with van der Waals surface area (Å²) in [5.74, 6) is -1.73. The first-order chi connectivity index (χ1) is 14.8. The van der Waals surface area contributed by atoms with Gasteiger partial charge in [0.1, 0.15) is 17.3 Å². The maximum atomic E-state index is 13.5. The van der Waals surface area contributed by atoms with Crippen molar-refractivity contribution in [1.29, 1.82) is 0 Å². The molecular formula is C24H26FNO5. The standard InChI is InChI=1S/C24H26FNO5/c1-4-30-19-7-5-6-17(14-19)22(27)20-21(16-8-10-18(25)11-9-16)26(24(29)23(20)28)12-13-31-15(2)3/h5-11,14-15,21,27H,4,12-13H2,1-3H3/b22-20-. The number of ketones is 1. The third kappa shape index (κ3) is 4.94. The number of rotatable bonds is 8. The van der Waals surface area contributed by atoms with E-state index >= 15 is 0 Å². The van der Waals surface area contributed by atoms with Crippen molar-refractivity contribution < 1.29 is 28.6 Å². The van der Waals surface area contributed by atoms with Crippen LogP contribution in [-0.4, -0.2) is 47.6 Å². The van der Waals surface area contributed by atoms with Crippen LogP contribution in [0, 0.1) is 5.82 Å². The first kappa shape index (κ1) is 22.5. The highest BCUT2D eigenvalue weighted by Gasteiger charge is 2.45. The molecule has 1 unspecified atom stereocenters. The van der Waals surface area contributed by atoms with Gasteiger partial charge in [0.25, 0.3) is 11.7 Å². The molecule has 7 heteroatoms. The first-order valence-corrected chi connectivity index (χ1v) is 10.2. The lowest BCUT2D eigenvalue weighted by atomic mass is 9.95. The molecule has 6 nitrogen and oxygen atoms in total. The molecule has 1 aliphatic rings. The average Bonchev–Trinajstić information content (AvgIpc) is 2.99. The molecule has 0 saturated carbocycles. The summed E-state index contributed by atoms with van der Waals surface area (Å²) < 4.78 is 24.5. The predicted molar refractivity (Wildman–Crippen MR) is 114 cm³/mol. The van der Waals surface area contributed by atoms with Crippen molar-refractivity contribution in [2.75, 3.05) is 19.8 Å². The van der Waals surface area contributed by atoms with Gasteiger partial charge in [-0.15, -0.1) is 0 Å². The maximum Gasteiger partial charge on any atom is 0.295 e. The minimum absolute atomic E-state index is 0.0394. The molecular weight excluding hydrogens is 401 g/mol. The molecule has 0 spiro atoms. The number of halogens is 1. The van der Waals surface area contributed by atoms with Crippen LogP contribution in [-0.2, 0) is 14.3 Å². The molecule has 31 heavy (non-hydrogen) atoms. The Morgan fingerprint density at radius 3 is 2.52 bits per heavy atom. The fraction of sp³-hybridized carbons (Fsp3) is 0.333. The van der Waals surface area contributed by atoms with Crippen molar-refractivity contribution in [2.24, 2.45) is 0 Å². The maximum absolute atomic E-state index is 13.5. The summed E-state index contributed by atoms with van der Waals surface area (Å²) in [4.78, 5) is 27.1. The van der Waals surface area contributed by atoms with Crippen molar-refractivity contribution in [3.05, 3.63) is 71.0 Å². The van der Waals surface area contributed by atoms with Crippen molar-refractivity contribution in [3.63, 3.8) is 0 Å². The van der Waals surface area contributed by atoms with Gasteiger partial charge in [0.15, 0.2) is 0 Å². The van der Waals surface area contributed by atoms with Crippen LogP contribution in [0.5, 0.6) is 5.75 Å². The molecule has 164 valence electrons. The Hall–Kier alpha value is -3.19. The largest absolute Gasteiger partial charge is 0.507 e. The number of likely N-dealkylation sites (tertiary alicyclic amines) is 1. The summed E-state index contributed by atoms with van der Waals surface area (Å²) in [6.45, 7) is 6.41. The third-order valence-electron chi connectivity index (χ3n) is 4.93. The van der Waals surface area contributed by atoms with Crippen LogP contribution >= 0.6 is 0 Å². The summed E-state index contributed by atoms with van der Waals surface area (Å²) in [5.41, 5.74) is 0.831. The van der Waals surface area contributed by atoms with Crippen molar-refractivity contribution in [3.8, 4) is 5.75 Å². The van der Waals surface area contributed by atoms with Gasteiger partial charge < -0.3 is 19.5 Å². The lowest BCUT2D eigenvalue weighted by Gasteiger charge is -2.25. The molecule has 1 aliphatic heterocycles. The zero-order valence-electron chi connectivity index (χ0n) is 17.8. The van der Waals surface area contributed by atoms with Gasteiger partial charge in [-0.05, 0) is 50.6 Å². The quantitative estimate of drug-likeness (QED) is 0.390. The van der Waals surface area contributed by atoms with Crippen LogP contribution in [0.15, 0.2) is 54.1 Å². The summed E-state index contributed by atoms with van der Waals surface area (Å²) in [7, 11) is 0. The second-order valence-corrected chi connectivity index (χ2v) is 7.42. The van der Waals surface area contributed by atoms with E-state index in [1.54, 1.807) is 24.3 Å². The van der Waals surface area contributed by atoms with Crippen LogP contribution in [0.3, 0.4) is 0 Å². The van der Waals surface area contributed by atoms with E-state index in [9.17, 15) is 19.1 Å². The average molecular weight is 427 g/mol. The van der Waals surface area contributed by atoms with E-state index < -0.39 is 23.5 Å². The first-order valence-electron chi connectivity index (χ1n) is 10.2. The Morgan fingerprint density at radius 1 is 1.16 bits per heavy atom. The summed E-state index contributed by atoms with van der Waals surface area (Å²) in [5, 5.41) is 11.0. The Morgan fingerprint density at radius 2 is 1.87 bits per heavy atom. The lowest BCUT2D eigenvalue weighted by Crippen LogP contribution is -2.33. The van der Waals surface area contributed by atoms with Gasteiger partial charge in [0.2, 0.25) is 0 Å². The molecule has 0 aromatic heterocycles. The number of aliphatic hydroxyl groups excluding tert-OH is 1. The number of ether oxygens (including phenoxy) is 2. The molecule has 0 bridgehead atoms. The van der Waals surface area contributed by atoms with E-state index in [2.05, 4.69) is 0 Å². The number of carbonyl (C=O) groups excluding carboxylic acids is 2. The summed E-state index contributed by atoms with van der Waals surface area (Å²) in [6, 6.07) is 11.3. The fourth-order valence-corrected chi connectivity index (χ4v) is 3.54. The van der Waals surface area contributed by atoms with Crippen LogP contribution in [0.2, 0.25) is 0 Å². The molecule has 2 aromatic carbocycles. The van der Waals surface area contributed by atoms with Crippen molar-refractivity contribution in [2.45, 2.75) is 32.9 Å². The molecule has 1 N–H and O–H groups in total. The normalized spacial score (nSPS) is 18.1. The van der Waals surface area contributed by atoms with Gasteiger partial charge in [-0.25, -0.2) is 4.39 Å². The Kier molecular flexibility index (Phi) is 7.07. The number of nitrogens with zero attached hydrogens (tertiary/aromatic N) is 1. The molecule has 2 aromatic rings. The van der Waals surface area contributed by atoms with E-state index in [1.807, 2.05) is 20.8 Å². The minimum atomic E-state index is -0.855. The minimum Gasteiger partial charge on any atom is -0.507 e. The summed E-state index contributed by atoms with van der Waals surface area (Å²) >= 11 is 0. The topological polar surface area (TPSA) is 76.1 Å². The number of carbonyl (C=O) groups is 2. The van der Waals surface area contributed by atoms with E-state index in [1.165, 1.54) is 29.2 Å². The molecule has 1 amide bonds. The Labute approximate surface area is 180 Å². The molecule has 1 heterocycles. The summed E-state index contributed by atoms with van der Waals surface area (Å²) in [6.07, 6.45) is -0.0394. The molecule has 0 radical (unpaired) electrons. The second-order valence-electron chi connectivity index (χ2n) is 7.42. The SMILES string of the molecule is CCOc1cccc(/C(O)=C2/C(=O)C(=O)N(CCOC(C)C)C2c2ccc(F)cc2)c1. The number of amides is 1. The van der Waals surface area contributed by atoms with Crippen LogP contribution in [0.4, 0.5) is 4.39 Å². The molecule has 1 saturated heterocycles. The van der Waals surface area contributed by atoms with Gasteiger partial charge in [0.05, 0.1) is 30.9 Å². The van der Waals surface area contributed by atoms with Gasteiger partial charge in [-0.2, -0.15) is 0 Å². The lowest BCUT2D eigenvalue weighted by molar-refractivity contribution is -0.140. The highest BCUT2D eigenvalue weighted by molar-refractivity contribution is 6.46. The predicted octanol–water partition coefficient (Wildman–Crippen LogP) is 4.07. The monoisotopic (exact) mass is 427 g/mol. The highest BCUT2D eigenvalue weighted by Crippen LogP contribution is 2.39. The number of aliphatic hydroxyl groups is 1. The molecule has 1 atom stereocenters. The smallest absolute Gasteiger partial charge is 0.295 e. The van der Waals surface area contributed by atoms with Gasteiger partial charge in [-0.1, -0.05) is 24.3 Å². The van der Waals surface area contributed by atoms with Gasteiger partial charge >= 0.3 is 0 Å². The number of hydrogen-bond acceptors (Lipinski definition) is 5. The Balaban J connectivity index is 2.08. The molecule has 0 aliphatic carbocycles. The van der Waals surface area contributed by atoms with Crippen molar-refractivity contribution >= 4 is 17.4 Å².